The monoisotopic (exact) mass is 214 g/mol. The van der Waals surface area contributed by atoms with Gasteiger partial charge >= 0.3 is 0 Å². The van der Waals surface area contributed by atoms with Crippen molar-refractivity contribution in [2.45, 2.75) is 31.6 Å². The Labute approximate surface area is 94.1 Å². The van der Waals surface area contributed by atoms with Crippen LogP contribution in [0.2, 0.25) is 0 Å². The summed E-state index contributed by atoms with van der Waals surface area (Å²) >= 11 is 0. The van der Waals surface area contributed by atoms with Crippen LogP contribution in [-0.4, -0.2) is 15.9 Å². The Kier molecular flexibility index (Phi) is 1.90. The van der Waals surface area contributed by atoms with Gasteiger partial charge in [0, 0.05) is 6.20 Å². The fourth-order valence-electron chi connectivity index (χ4n) is 2.44. The van der Waals surface area contributed by atoms with Crippen molar-refractivity contribution in [1.82, 2.24) is 9.61 Å². The number of aryl methyl sites for hydroxylation is 1. The highest BCUT2D eigenvalue weighted by atomic mass is 16.1. The third-order valence-electron chi connectivity index (χ3n) is 3.76. The van der Waals surface area contributed by atoms with Crippen molar-refractivity contribution in [2.24, 2.45) is 0 Å². The van der Waals surface area contributed by atoms with Crippen molar-refractivity contribution >= 4 is 11.8 Å². The van der Waals surface area contributed by atoms with Crippen molar-refractivity contribution < 1.29 is 4.79 Å². The zero-order chi connectivity index (χ0) is 11.2. The zero-order valence-corrected chi connectivity index (χ0v) is 9.31. The molecule has 0 aliphatic heterocycles. The minimum Gasteiger partial charge on any atom is -0.302 e. The normalized spacial score (nSPS) is 18.3. The van der Waals surface area contributed by atoms with Gasteiger partial charge in [-0.25, -0.2) is 4.52 Å². The number of carbonyl (C=O) groups is 1. The van der Waals surface area contributed by atoms with Gasteiger partial charge in [-0.3, -0.25) is 0 Å². The number of pyridine rings is 1. The van der Waals surface area contributed by atoms with Gasteiger partial charge in [0.05, 0.1) is 17.1 Å². The van der Waals surface area contributed by atoms with Gasteiger partial charge in [0.15, 0.2) is 0 Å². The Bertz CT molecular complexity index is 552. The number of fused-ring (bicyclic) bond motifs is 1. The molecule has 2 heterocycles. The molecular formula is C13H14N2O. The van der Waals surface area contributed by atoms with Crippen LogP contribution in [0.1, 0.15) is 30.4 Å². The van der Waals surface area contributed by atoms with Gasteiger partial charge in [0.1, 0.15) is 6.29 Å². The fourth-order valence-corrected chi connectivity index (χ4v) is 2.44. The third kappa shape index (κ3) is 1.14. The van der Waals surface area contributed by atoms with Crippen LogP contribution in [0, 0.1) is 6.92 Å². The molecule has 3 heteroatoms. The quantitative estimate of drug-likeness (QED) is 0.719. The number of aldehydes is 1. The van der Waals surface area contributed by atoms with E-state index in [-0.39, 0.29) is 5.41 Å². The fraction of sp³-hybridized carbons (Fsp3) is 0.385. The van der Waals surface area contributed by atoms with Gasteiger partial charge in [-0.2, -0.15) is 5.10 Å². The predicted molar refractivity (Wildman–Crippen MR) is 61.5 cm³/mol. The second kappa shape index (κ2) is 3.17. The maximum atomic E-state index is 11.2. The molecule has 3 nitrogen and oxygen atoms in total. The number of hydrogen-bond donors (Lipinski definition) is 0. The molecule has 0 saturated heterocycles. The lowest BCUT2D eigenvalue weighted by molar-refractivity contribution is -0.115. The SMILES string of the molecule is Cc1cnn2cc(C3(C=O)CCC3)ccc12. The van der Waals surface area contributed by atoms with Crippen molar-refractivity contribution in [2.75, 3.05) is 0 Å². The van der Waals surface area contributed by atoms with E-state index in [2.05, 4.69) is 17.2 Å². The van der Waals surface area contributed by atoms with Crippen molar-refractivity contribution in [3.8, 4) is 0 Å². The molecule has 0 aromatic carbocycles. The highest BCUT2D eigenvalue weighted by Gasteiger charge is 2.38. The topological polar surface area (TPSA) is 34.4 Å². The Morgan fingerprint density at radius 1 is 1.44 bits per heavy atom. The van der Waals surface area contributed by atoms with E-state index in [4.69, 9.17) is 0 Å². The van der Waals surface area contributed by atoms with Crippen molar-refractivity contribution in [3.63, 3.8) is 0 Å². The lowest BCUT2D eigenvalue weighted by atomic mass is 9.66. The summed E-state index contributed by atoms with van der Waals surface area (Å²) in [5.74, 6) is 0. The first-order chi connectivity index (χ1) is 7.75. The summed E-state index contributed by atoms with van der Waals surface area (Å²) in [4.78, 5) is 11.2. The first kappa shape index (κ1) is 9.58. The molecule has 0 amide bonds. The first-order valence-electron chi connectivity index (χ1n) is 5.66. The number of hydrogen-bond acceptors (Lipinski definition) is 2. The van der Waals surface area contributed by atoms with E-state index in [0.717, 1.165) is 36.6 Å². The average Bonchev–Trinajstić information content (AvgIpc) is 2.60. The lowest BCUT2D eigenvalue weighted by Gasteiger charge is -2.36. The van der Waals surface area contributed by atoms with Crippen LogP contribution in [0.3, 0.4) is 0 Å². The molecule has 16 heavy (non-hydrogen) atoms. The molecule has 3 rings (SSSR count). The molecule has 0 unspecified atom stereocenters. The molecule has 0 spiro atoms. The highest BCUT2D eigenvalue weighted by Crippen LogP contribution is 2.41. The van der Waals surface area contributed by atoms with E-state index in [1.807, 2.05) is 23.8 Å². The van der Waals surface area contributed by atoms with Crippen LogP contribution in [-0.2, 0) is 10.2 Å². The molecule has 1 aliphatic carbocycles. The summed E-state index contributed by atoms with van der Waals surface area (Å²) < 4.78 is 1.87. The van der Waals surface area contributed by atoms with Crippen LogP contribution in [0.5, 0.6) is 0 Å². The van der Waals surface area contributed by atoms with E-state index in [1.54, 1.807) is 0 Å². The van der Waals surface area contributed by atoms with E-state index in [9.17, 15) is 4.79 Å². The maximum absolute atomic E-state index is 11.2. The smallest absolute Gasteiger partial charge is 0.130 e. The number of rotatable bonds is 2. The van der Waals surface area contributed by atoms with Gasteiger partial charge in [0.25, 0.3) is 0 Å². The van der Waals surface area contributed by atoms with Crippen LogP contribution in [0.15, 0.2) is 24.5 Å². The summed E-state index contributed by atoms with van der Waals surface area (Å²) in [6, 6.07) is 4.12. The van der Waals surface area contributed by atoms with Gasteiger partial charge in [-0.05, 0) is 37.0 Å². The Morgan fingerprint density at radius 2 is 2.25 bits per heavy atom. The van der Waals surface area contributed by atoms with Gasteiger partial charge in [0.2, 0.25) is 0 Å². The van der Waals surface area contributed by atoms with E-state index >= 15 is 0 Å². The number of nitrogens with zero attached hydrogens (tertiary/aromatic N) is 2. The molecule has 1 aliphatic rings. The minimum absolute atomic E-state index is 0.228. The average molecular weight is 214 g/mol. The van der Waals surface area contributed by atoms with Gasteiger partial charge in [-0.15, -0.1) is 0 Å². The molecule has 0 atom stereocenters. The second-order valence-electron chi connectivity index (χ2n) is 4.70. The highest BCUT2D eigenvalue weighted by molar-refractivity contribution is 5.70. The number of aromatic nitrogens is 2. The summed E-state index contributed by atoms with van der Waals surface area (Å²) in [7, 11) is 0. The van der Waals surface area contributed by atoms with Crippen molar-refractivity contribution in [3.05, 3.63) is 35.7 Å². The van der Waals surface area contributed by atoms with E-state index in [0.29, 0.717) is 0 Å². The van der Waals surface area contributed by atoms with Crippen LogP contribution in [0.25, 0.3) is 5.52 Å². The van der Waals surface area contributed by atoms with Gasteiger partial charge < -0.3 is 4.79 Å². The molecule has 0 radical (unpaired) electrons. The molecule has 1 fully saturated rings. The summed E-state index contributed by atoms with van der Waals surface area (Å²) in [5, 5.41) is 4.29. The summed E-state index contributed by atoms with van der Waals surface area (Å²) in [6.07, 6.45) is 8.05. The van der Waals surface area contributed by atoms with Crippen LogP contribution in [0.4, 0.5) is 0 Å². The molecule has 82 valence electrons. The molecule has 2 aromatic rings. The third-order valence-corrected chi connectivity index (χ3v) is 3.76. The zero-order valence-electron chi connectivity index (χ0n) is 9.31. The second-order valence-corrected chi connectivity index (χ2v) is 4.70. The maximum Gasteiger partial charge on any atom is 0.130 e. The Balaban J connectivity index is 2.14. The van der Waals surface area contributed by atoms with Crippen LogP contribution < -0.4 is 0 Å². The van der Waals surface area contributed by atoms with E-state index < -0.39 is 0 Å². The molecule has 0 N–H and O–H groups in total. The summed E-state index contributed by atoms with van der Waals surface area (Å²) in [5.41, 5.74) is 3.16. The molecular weight excluding hydrogens is 200 g/mol. The van der Waals surface area contributed by atoms with E-state index in [1.165, 1.54) is 5.56 Å². The summed E-state index contributed by atoms with van der Waals surface area (Å²) in [6.45, 7) is 2.04. The Morgan fingerprint density at radius 3 is 2.88 bits per heavy atom. The first-order valence-corrected chi connectivity index (χ1v) is 5.66. The standard InChI is InChI=1S/C13H14N2O/c1-10-7-14-15-8-11(3-4-12(10)15)13(9-16)5-2-6-13/h3-4,7-9H,2,5-6H2,1H3. The largest absolute Gasteiger partial charge is 0.302 e. The minimum atomic E-state index is -0.228. The number of carbonyl (C=O) groups excluding carboxylic acids is 1. The van der Waals surface area contributed by atoms with Crippen molar-refractivity contribution in [1.29, 1.82) is 0 Å². The predicted octanol–water partition coefficient (Wildman–Crippen LogP) is 2.26. The Hall–Kier alpha value is -1.64. The molecule has 1 saturated carbocycles. The lowest BCUT2D eigenvalue weighted by Crippen LogP contribution is -2.35. The molecule has 2 aromatic heterocycles. The molecule has 0 bridgehead atoms. The van der Waals surface area contributed by atoms with Gasteiger partial charge in [-0.1, -0.05) is 12.5 Å². The van der Waals surface area contributed by atoms with Crippen LogP contribution >= 0.6 is 0 Å².